The van der Waals surface area contributed by atoms with Crippen LogP contribution in [0.1, 0.15) is 155 Å². The summed E-state index contributed by atoms with van der Waals surface area (Å²) in [7, 11) is 0. The van der Waals surface area contributed by atoms with Crippen LogP contribution >= 0.6 is 0 Å². The molecular formula is C36H67NO5. The van der Waals surface area contributed by atoms with E-state index in [0.717, 1.165) is 64.2 Å². The first-order chi connectivity index (χ1) is 20.5. The topological polar surface area (TPSA) is 110 Å². The first kappa shape index (κ1) is 40.5. The van der Waals surface area contributed by atoms with Crippen molar-refractivity contribution < 1.29 is 25.2 Å². The van der Waals surface area contributed by atoms with Gasteiger partial charge >= 0.3 is 0 Å². The van der Waals surface area contributed by atoms with Crippen LogP contribution in [0.4, 0.5) is 0 Å². The van der Waals surface area contributed by atoms with Crippen LogP contribution in [0.15, 0.2) is 36.5 Å². The van der Waals surface area contributed by atoms with E-state index in [4.69, 9.17) is 0 Å². The summed E-state index contributed by atoms with van der Waals surface area (Å²) in [5.74, 6) is -0.187. The van der Waals surface area contributed by atoms with E-state index in [9.17, 15) is 25.2 Å². The number of unbranched alkanes of at least 4 members (excludes halogenated alkanes) is 16. The van der Waals surface area contributed by atoms with Crippen molar-refractivity contribution >= 4 is 5.91 Å². The molecule has 0 aromatic heterocycles. The van der Waals surface area contributed by atoms with Crippen molar-refractivity contribution in [2.24, 2.45) is 0 Å². The SMILES string of the molecule is CC/C=C/CC(O)/C=C/C=C/CCCCCCCC(=O)N[C@@H](CO)C(O)C(O)CCCCCCCCCCCCCC. The normalized spacial score (nSPS) is 15.1. The molecule has 0 spiro atoms. The molecule has 4 atom stereocenters. The molecule has 0 aliphatic rings. The maximum Gasteiger partial charge on any atom is 0.220 e. The van der Waals surface area contributed by atoms with Gasteiger partial charge in [-0.25, -0.2) is 0 Å². The number of allylic oxidation sites excluding steroid dienone is 4. The number of hydrogen-bond acceptors (Lipinski definition) is 5. The molecule has 0 aromatic rings. The molecule has 42 heavy (non-hydrogen) atoms. The van der Waals surface area contributed by atoms with Gasteiger partial charge in [0.25, 0.3) is 0 Å². The third-order valence-corrected chi connectivity index (χ3v) is 7.84. The fourth-order valence-electron chi connectivity index (χ4n) is 5.08. The van der Waals surface area contributed by atoms with Crippen molar-refractivity contribution in [3.63, 3.8) is 0 Å². The number of carbonyl (C=O) groups excluding carboxylic acids is 1. The Bertz CT molecular complexity index is 678. The van der Waals surface area contributed by atoms with Crippen LogP contribution < -0.4 is 5.32 Å². The van der Waals surface area contributed by atoms with Crippen LogP contribution in [-0.2, 0) is 4.79 Å². The van der Waals surface area contributed by atoms with Crippen molar-refractivity contribution in [2.45, 2.75) is 179 Å². The van der Waals surface area contributed by atoms with Gasteiger partial charge in [-0.3, -0.25) is 4.79 Å². The molecule has 0 bridgehead atoms. The summed E-state index contributed by atoms with van der Waals surface area (Å²) < 4.78 is 0. The minimum absolute atomic E-state index is 0.187. The zero-order valence-corrected chi connectivity index (χ0v) is 27.2. The molecule has 0 aliphatic carbocycles. The van der Waals surface area contributed by atoms with Gasteiger partial charge in [-0.1, -0.05) is 147 Å². The first-order valence-corrected chi connectivity index (χ1v) is 17.4. The Kier molecular flexibility index (Phi) is 29.9. The van der Waals surface area contributed by atoms with E-state index in [1.807, 2.05) is 24.3 Å². The lowest BCUT2D eigenvalue weighted by atomic mass is 9.99. The monoisotopic (exact) mass is 594 g/mol. The molecule has 1 amide bonds. The van der Waals surface area contributed by atoms with Gasteiger partial charge in [-0.15, -0.1) is 0 Å². The third-order valence-electron chi connectivity index (χ3n) is 7.84. The lowest BCUT2D eigenvalue weighted by Crippen LogP contribution is -2.50. The summed E-state index contributed by atoms with van der Waals surface area (Å²) in [6, 6.07) is -0.834. The number of amides is 1. The molecule has 0 aromatic carbocycles. The van der Waals surface area contributed by atoms with Gasteiger partial charge in [0.05, 0.1) is 24.9 Å². The Morgan fingerprint density at radius 3 is 1.86 bits per heavy atom. The Morgan fingerprint density at radius 1 is 0.690 bits per heavy atom. The molecule has 0 saturated heterocycles. The van der Waals surface area contributed by atoms with E-state index in [1.165, 1.54) is 57.8 Å². The summed E-state index contributed by atoms with van der Waals surface area (Å²) in [6.07, 6.45) is 32.7. The maximum absolute atomic E-state index is 12.3. The smallest absolute Gasteiger partial charge is 0.220 e. The van der Waals surface area contributed by atoms with Gasteiger partial charge < -0.3 is 25.7 Å². The van der Waals surface area contributed by atoms with Gasteiger partial charge in [-0.05, 0) is 38.5 Å². The number of aliphatic hydroxyl groups excluding tert-OH is 4. The summed E-state index contributed by atoms with van der Waals surface area (Å²) in [5, 5.41) is 43.1. The van der Waals surface area contributed by atoms with Crippen LogP contribution in [0.3, 0.4) is 0 Å². The minimum atomic E-state index is -1.16. The molecule has 0 aliphatic heterocycles. The van der Waals surface area contributed by atoms with Crippen molar-refractivity contribution in [1.82, 2.24) is 5.32 Å². The molecule has 0 rings (SSSR count). The van der Waals surface area contributed by atoms with Gasteiger partial charge in [0.1, 0.15) is 6.10 Å². The molecule has 0 saturated carbocycles. The fraction of sp³-hybridized carbons (Fsp3) is 0.806. The Hall–Kier alpha value is -1.47. The highest BCUT2D eigenvalue weighted by atomic mass is 16.3. The van der Waals surface area contributed by atoms with Gasteiger partial charge in [0.2, 0.25) is 5.91 Å². The highest BCUT2D eigenvalue weighted by Crippen LogP contribution is 2.15. The van der Waals surface area contributed by atoms with Crippen LogP contribution in [0, 0.1) is 0 Å². The molecule has 0 heterocycles. The van der Waals surface area contributed by atoms with E-state index < -0.39 is 24.4 Å². The summed E-state index contributed by atoms with van der Waals surface area (Å²) in [6.45, 7) is 3.94. The predicted molar refractivity (Wildman–Crippen MR) is 177 cm³/mol. The first-order valence-electron chi connectivity index (χ1n) is 17.4. The molecule has 6 heteroatoms. The van der Waals surface area contributed by atoms with E-state index in [1.54, 1.807) is 0 Å². The minimum Gasteiger partial charge on any atom is -0.394 e. The van der Waals surface area contributed by atoms with E-state index >= 15 is 0 Å². The van der Waals surface area contributed by atoms with Crippen molar-refractivity contribution in [1.29, 1.82) is 0 Å². The number of aliphatic hydroxyl groups is 4. The lowest BCUT2D eigenvalue weighted by molar-refractivity contribution is -0.124. The molecule has 3 unspecified atom stereocenters. The third kappa shape index (κ3) is 26.2. The van der Waals surface area contributed by atoms with Gasteiger partial charge in [-0.2, -0.15) is 0 Å². The quantitative estimate of drug-likeness (QED) is 0.0331. The molecule has 6 nitrogen and oxygen atoms in total. The second-order valence-electron chi connectivity index (χ2n) is 11.9. The zero-order valence-electron chi connectivity index (χ0n) is 27.2. The molecule has 0 fully saturated rings. The van der Waals surface area contributed by atoms with Crippen LogP contribution in [0.5, 0.6) is 0 Å². The van der Waals surface area contributed by atoms with E-state index in [2.05, 4.69) is 31.3 Å². The van der Waals surface area contributed by atoms with Crippen molar-refractivity contribution in [2.75, 3.05) is 6.61 Å². The number of carbonyl (C=O) groups is 1. The van der Waals surface area contributed by atoms with E-state index in [-0.39, 0.29) is 12.5 Å². The van der Waals surface area contributed by atoms with Crippen molar-refractivity contribution in [3.05, 3.63) is 36.5 Å². The van der Waals surface area contributed by atoms with Crippen molar-refractivity contribution in [3.8, 4) is 0 Å². The second-order valence-corrected chi connectivity index (χ2v) is 11.9. The van der Waals surface area contributed by atoms with Crippen LogP contribution in [0.2, 0.25) is 0 Å². The molecule has 246 valence electrons. The fourth-order valence-corrected chi connectivity index (χ4v) is 5.08. The molecular weight excluding hydrogens is 526 g/mol. The average Bonchev–Trinajstić information content (AvgIpc) is 2.98. The molecule has 5 N–H and O–H groups in total. The maximum atomic E-state index is 12.3. The van der Waals surface area contributed by atoms with E-state index in [0.29, 0.717) is 19.3 Å². The Labute approximate surface area is 258 Å². The second kappa shape index (κ2) is 31.0. The van der Waals surface area contributed by atoms with Gasteiger partial charge in [0, 0.05) is 6.42 Å². The zero-order chi connectivity index (χ0) is 31.1. The lowest BCUT2D eigenvalue weighted by Gasteiger charge is -2.26. The summed E-state index contributed by atoms with van der Waals surface area (Å²) in [5.41, 5.74) is 0. The highest BCUT2D eigenvalue weighted by molar-refractivity contribution is 5.76. The van der Waals surface area contributed by atoms with Crippen LogP contribution in [0.25, 0.3) is 0 Å². The Balaban J connectivity index is 3.82. The number of nitrogens with one attached hydrogen (secondary N) is 1. The summed E-state index contributed by atoms with van der Waals surface area (Å²) >= 11 is 0. The number of rotatable bonds is 30. The van der Waals surface area contributed by atoms with Gasteiger partial charge in [0.15, 0.2) is 0 Å². The largest absolute Gasteiger partial charge is 0.394 e. The number of hydrogen-bond donors (Lipinski definition) is 5. The predicted octanol–water partition coefficient (Wildman–Crippen LogP) is 7.84. The Morgan fingerprint density at radius 2 is 1.26 bits per heavy atom. The average molecular weight is 594 g/mol. The van der Waals surface area contributed by atoms with Crippen LogP contribution in [-0.4, -0.2) is 57.3 Å². The standard InChI is InChI=1S/C36H67NO5/c1-3-5-7-8-9-10-11-12-15-18-21-25-29-34(40)36(42)33(31-38)37-35(41)30-26-22-19-16-13-14-17-20-24-28-32(39)27-23-6-4-2/h6,17,20,23-24,28,32-34,36,38-40,42H,3-5,7-16,18-19,21-22,25-27,29-31H2,1-2H3,(H,37,41)/b20-17+,23-6+,28-24+/t32?,33-,34?,36?/m0/s1. The summed E-state index contributed by atoms with van der Waals surface area (Å²) in [4.78, 5) is 12.3. The highest BCUT2D eigenvalue weighted by Gasteiger charge is 2.26. The molecule has 0 radical (unpaired) electrons.